The number of para-hydroxylation sites is 1. The van der Waals surface area contributed by atoms with Crippen molar-refractivity contribution < 1.29 is 9.90 Å². The molecule has 0 spiro atoms. The number of nitrogens with one attached hydrogen (secondary N) is 1. The molecule has 2 heterocycles. The van der Waals surface area contributed by atoms with Gasteiger partial charge in [-0.1, -0.05) is 61.9 Å². The van der Waals surface area contributed by atoms with Crippen molar-refractivity contribution in [1.82, 2.24) is 14.0 Å². The van der Waals surface area contributed by atoms with Gasteiger partial charge in [-0.05, 0) is 18.1 Å². The Morgan fingerprint density at radius 3 is 2.57 bits per heavy atom. The summed E-state index contributed by atoms with van der Waals surface area (Å²) in [4.78, 5) is 27.2. The molecule has 2 aromatic carbocycles. The first-order valence-electron chi connectivity index (χ1n) is 10.3. The first-order valence-corrected chi connectivity index (χ1v) is 10.3. The topological polar surface area (TPSA) is 79.5 Å². The van der Waals surface area contributed by atoms with E-state index in [0.717, 1.165) is 29.7 Å². The maximum Gasteiger partial charge on any atom is 0.331 e. The maximum absolute atomic E-state index is 13.0. The third kappa shape index (κ3) is 3.70. The number of aromatic nitrogens is 2. The van der Waals surface area contributed by atoms with E-state index >= 15 is 0 Å². The van der Waals surface area contributed by atoms with Gasteiger partial charge in [-0.15, -0.1) is 0 Å². The summed E-state index contributed by atoms with van der Waals surface area (Å²) in [6.07, 6.45) is 1.75. The van der Waals surface area contributed by atoms with Gasteiger partial charge >= 0.3 is 11.7 Å². The number of benzene rings is 2. The number of hydrogen-bond donors (Lipinski definition) is 2. The van der Waals surface area contributed by atoms with E-state index in [1.807, 2.05) is 61.5 Å². The molecule has 0 radical (unpaired) electrons. The fraction of sp³-hybridized carbons (Fsp3) is 0.304. The number of fused-ring (bicyclic) bond motifs is 1. The van der Waals surface area contributed by atoms with Gasteiger partial charge in [0.15, 0.2) is 0 Å². The number of hydrogen-bond acceptors (Lipinski definition) is 3. The van der Waals surface area contributed by atoms with Crippen LogP contribution >= 0.6 is 0 Å². The molecular formula is C23H26N4O3. The van der Waals surface area contributed by atoms with Gasteiger partial charge in [0.05, 0.1) is 12.2 Å². The van der Waals surface area contributed by atoms with E-state index in [4.69, 9.17) is 0 Å². The SMILES string of the molecule is CCCCn1c(O)c2n(c1=O)CCN(C(=O)Nc1ccccc1-c1ccccc1)C2. The van der Waals surface area contributed by atoms with Crippen LogP contribution in [0.5, 0.6) is 5.88 Å². The Hall–Kier alpha value is -3.48. The van der Waals surface area contributed by atoms with Crippen molar-refractivity contribution in [2.45, 2.75) is 39.4 Å². The van der Waals surface area contributed by atoms with Crippen LogP contribution in [0.2, 0.25) is 0 Å². The van der Waals surface area contributed by atoms with Crippen LogP contribution < -0.4 is 11.0 Å². The van der Waals surface area contributed by atoms with Crippen LogP contribution in [0, 0.1) is 0 Å². The monoisotopic (exact) mass is 406 g/mol. The summed E-state index contributed by atoms with van der Waals surface area (Å²) in [7, 11) is 0. The third-order valence-electron chi connectivity index (χ3n) is 5.51. The number of urea groups is 1. The fourth-order valence-electron chi connectivity index (χ4n) is 3.84. The second kappa shape index (κ2) is 8.49. The molecule has 3 aromatic rings. The summed E-state index contributed by atoms with van der Waals surface area (Å²) in [5.74, 6) is -0.0318. The zero-order valence-electron chi connectivity index (χ0n) is 17.0. The molecule has 30 heavy (non-hydrogen) atoms. The Bertz CT molecular complexity index is 1100. The lowest BCUT2D eigenvalue weighted by molar-refractivity contribution is 0.195. The Morgan fingerprint density at radius 1 is 1.07 bits per heavy atom. The van der Waals surface area contributed by atoms with Gasteiger partial charge in [-0.3, -0.25) is 9.13 Å². The first kappa shape index (κ1) is 19.8. The van der Waals surface area contributed by atoms with Crippen molar-refractivity contribution in [2.24, 2.45) is 0 Å². The number of carbonyl (C=O) groups is 1. The second-order valence-electron chi connectivity index (χ2n) is 7.47. The zero-order valence-corrected chi connectivity index (χ0v) is 17.0. The van der Waals surface area contributed by atoms with Crippen molar-refractivity contribution in [3.63, 3.8) is 0 Å². The molecule has 2 amide bonds. The molecule has 7 nitrogen and oxygen atoms in total. The van der Waals surface area contributed by atoms with Crippen molar-refractivity contribution in [3.8, 4) is 17.0 Å². The fourth-order valence-corrected chi connectivity index (χ4v) is 3.84. The van der Waals surface area contributed by atoms with E-state index < -0.39 is 0 Å². The van der Waals surface area contributed by atoms with Crippen LogP contribution in [-0.4, -0.2) is 31.7 Å². The van der Waals surface area contributed by atoms with Gasteiger partial charge in [0, 0.05) is 25.2 Å². The highest BCUT2D eigenvalue weighted by molar-refractivity contribution is 5.94. The molecule has 1 aliphatic heterocycles. The summed E-state index contributed by atoms with van der Waals surface area (Å²) in [5.41, 5.74) is 2.97. The summed E-state index contributed by atoms with van der Waals surface area (Å²) in [5, 5.41) is 13.5. The minimum Gasteiger partial charge on any atom is -0.493 e. The summed E-state index contributed by atoms with van der Waals surface area (Å²) >= 11 is 0. The number of rotatable bonds is 5. The van der Waals surface area contributed by atoms with Crippen LogP contribution in [-0.2, 0) is 19.6 Å². The largest absolute Gasteiger partial charge is 0.493 e. The van der Waals surface area contributed by atoms with Crippen LogP contribution in [0.25, 0.3) is 11.1 Å². The quantitative estimate of drug-likeness (QED) is 0.675. The van der Waals surface area contributed by atoms with E-state index in [2.05, 4.69) is 5.32 Å². The highest BCUT2D eigenvalue weighted by Gasteiger charge is 2.28. The summed E-state index contributed by atoms with van der Waals surface area (Å²) in [6, 6.07) is 17.3. The van der Waals surface area contributed by atoms with E-state index in [-0.39, 0.29) is 24.1 Å². The highest BCUT2D eigenvalue weighted by Crippen LogP contribution is 2.28. The van der Waals surface area contributed by atoms with Crippen molar-refractivity contribution in [3.05, 3.63) is 70.8 Å². The second-order valence-corrected chi connectivity index (χ2v) is 7.47. The lowest BCUT2D eigenvalue weighted by atomic mass is 10.0. The predicted molar refractivity (Wildman–Crippen MR) is 117 cm³/mol. The van der Waals surface area contributed by atoms with Crippen molar-refractivity contribution >= 4 is 11.7 Å². The molecule has 2 N–H and O–H groups in total. The Labute approximate surface area is 175 Å². The van der Waals surface area contributed by atoms with Gasteiger partial charge in [-0.25, -0.2) is 9.59 Å². The molecule has 0 atom stereocenters. The molecule has 7 heteroatoms. The summed E-state index contributed by atoms with van der Waals surface area (Å²) in [6.45, 7) is 3.49. The minimum atomic E-state index is -0.252. The number of nitrogens with zero attached hydrogens (tertiary/aromatic N) is 3. The molecule has 0 aliphatic carbocycles. The average molecular weight is 406 g/mol. The molecule has 0 saturated carbocycles. The molecule has 1 aliphatic rings. The van der Waals surface area contributed by atoms with E-state index in [1.165, 1.54) is 4.57 Å². The molecule has 0 bridgehead atoms. The third-order valence-corrected chi connectivity index (χ3v) is 5.51. The standard InChI is InChI=1S/C23H26N4O3/c1-2-3-13-27-21(28)20-16-25(14-15-26(20)23(27)30)22(29)24-19-12-8-7-11-18(19)17-9-5-4-6-10-17/h4-12,28H,2-3,13-16H2,1H3,(H,24,29). The van der Waals surface area contributed by atoms with Gasteiger partial charge in [0.25, 0.3) is 0 Å². The minimum absolute atomic E-state index is 0.0318. The van der Waals surface area contributed by atoms with Crippen LogP contribution in [0.4, 0.5) is 10.5 Å². The Balaban J connectivity index is 1.54. The smallest absolute Gasteiger partial charge is 0.331 e. The first-order chi connectivity index (χ1) is 14.6. The molecule has 1 aromatic heterocycles. The van der Waals surface area contributed by atoms with E-state index in [0.29, 0.717) is 25.3 Å². The number of anilines is 1. The van der Waals surface area contributed by atoms with E-state index in [1.54, 1.807) is 9.47 Å². The molecule has 0 unspecified atom stereocenters. The number of aromatic hydroxyl groups is 1. The predicted octanol–water partition coefficient (Wildman–Crippen LogP) is 3.87. The number of imidazole rings is 1. The van der Waals surface area contributed by atoms with Crippen LogP contribution in [0.15, 0.2) is 59.4 Å². The lowest BCUT2D eigenvalue weighted by Crippen LogP contribution is -2.42. The number of unbranched alkanes of at least 4 members (excludes halogenated alkanes) is 1. The van der Waals surface area contributed by atoms with Crippen molar-refractivity contribution in [2.75, 3.05) is 11.9 Å². The zero-order chi connectivity index (χ0) is 21.1. The normalized spacial score (nSPS) is 13.2. The molecule has 156 valence electrons. The van der Waals surface area contributed by atoms with Gasteiger partial charge in [0.2, 0.25) is 5.88 Å². The van der Waals surface area contributed by atoms with Gasteiger partial charge in [-0.2, -0.15) is 0 Å². The Kier molecular flexibility index (Phi) is 5.61. The number of carbonyl (C=O) groups excluding carboxylic acids is 1. The summed E-state index contributed by atoms with van der Waals surface area (Å²) < 4.78 is 2.98. The van der Waals surface area contributed by atoms with Crippen LogP contribution in [0.3, 0.4) is 0 Å². The molecule has 0 fully saturated rings. The number of amides is 2. The highest BCUT2D eigenvalue weighted by atomic mass is 16.3. The lowest BCUT2D eigenvalue weighted by Gasteiger charge is -2.28. The molecule has 0 saturated heterocycles. The van der Waals surface area contributed by atoms with Gasteiger partial charge < -0.3 is 15.3 Å². The van der Waals surface area contributed by atoms with Crippen molar-refractivity contribution in [1.29, 1.82) is 0 Å². The molecular weight excluding hydrogens is 380 g/mol. The average Bonchev–Trinajstić information content (AvgIpc) is 3.02. The van der Waals surface area contributed by atoms with E-state index in [9.17, 15) is 14.7 Å². The Morgan fingerprint density at radius 2 is 1.80 bits per heavy atom. The van der Waals surface area contributed by atoms with Gasteiger partial charge in [0.1, 0.15) is 5.69 Å². The maximum atomic E-state index is 13.0. The van der Waals surface area contributed by atoms with Crippen LogP contribution in [0.1, 0.15) is 25.5 Å². The molecule has 4 rings (SSSR count).